The standard InChI is InChI=1S/C28H44N4O2S/c1-8-28(22(4)33)21(3)19-30-23(5)29-18-17-25-11-15-27(16-12-25)35(7,34)32-24(6)31-26-13-9-20(2)10-14-26/h11-12,15-16,20,26,29-31H,5-10,13-14,17-19H2,1-4H3,(H,32,34)/b28-21-. The molecule has 0 amide bonds. The first-order valence-electron chi connectivity index (χ1n) is 12.6. The summed E-state index contributed by atoms with van der Waals surface area (Å²) >= 11 is 0. The van der Waals surface area contributed by atoms with Crippen LogP contribution >= 0.6 is 0 Å². The van der Waals surface area contributed by atoms with Crippen LogP contribution in [0.1, 0.15) is 65.4 Å². The fourth-order valence-electron chi connectivity index (χ4n) is 4.43. The van der Waals surface area contributed by atoms with Crippen molar-refractivity contribution >= 4 is 21.4 Å². The van der Waals surface area contributed by atoms with Gasteiger partial charge in [-0.2, -0.15) is 0 Å². The molecule has 0 heterocycles. The molecule has 0 radical (unpaired) electrons. The molecule has 1 aromatic rings. The second-order valence-corrected chi connectivity index (χ2v) is 11.7. The minimum atomic E-state index is -2.68. The Morgan fingerprint density at radius 2 is 1.66 bits per heavy atom. The van der Waals surface area contributed by atoms with Gasteiger partial charge in [0.15, 0.2) is 5.78 Å². The van der Waals surface area contributed by atoms with Crippen LogP contribution in [0.4, 0.5) is 0 Å². The van der Waals surface area contributed by atoms with Crippen molar-refractivity contribution in [2.75, 3.05) is 13.1 Å². The topological polar surface area (TPSA) is 82.3 Å². The van der Waals surface area contributed by atoms with Crippen LogP contribution in [0.15, 0.2) is 65.1 Å². The van der Waals surface area contributed by atoms with E-state index in [1.54, 1.807) is 6.92 Å². The number of nitrogens with one attached hydrogen (secondary N) is 4. The van der Waals surface area contributed by atoms with E-state index in [-0.39, 0.29) is 5.78 Å². The monoisotopic (exact) mass is 500 g/mol. The fraction of sp³-hybridized carbons (Fsp3) is 0.500. The van der Waals surface area contributed by atoms with Gasteiger partial charge in [0.1, 0.15) is 5.82 Å². The molecule has 0 aromatic heterocycles. The number of carbonyl (C=O) groups excluding carboxylic acids is 1. The van der Waals surface area contributed by atoms with Gasteiger partial charge in [-0.3, -0.25) is 9.52 Å². The van der Waals surface area contributed by atoms with Crippen LogP contribution < -0.4 is 20.7 Å². The molecule has 1 saturated carbocycles. The fourth-order valence-corrected chi connectivity index (χ4v) is 5.58. The van der Waals surface area contributed by atoms with Gasteiger partial charge in [0.2, 0.25) is 0 Å². The molecule has 0 bridgehead atoms. The second kappa shape index (κ2) is 13.4. The molecule has 1 aromatic carbocycles. The number of rotatable bonds is 14. The van der Waals surface area contributed by atoms with Gasteiger partial charge in [0, 0.05) is 24.0 Å². The van der Waals surface area contributed by atoms with Crippen LogP contribution in [0.5, 0.6) is 0 Å². The number of hydrogen-bond acceptors (Lipinski definition) is 5. The average Bonchev–Trinajstić information content (AvgIpc) is 2.79. The molecule has 0 spiro atoms. The van der Waals surface area contributed by atoms with Crippen molar-refractivity contribution in [2.45, 2.75) is 77.2 Å². The molecule has 1 atom stereocenters. The summed E-state index contributed by atoms with van der Waals surface area (Å²) in [6, 6.07) is 8.06. The number of carbonyl (C=O) groups is 1. The summed E-state index contributed by atoms with van der Waals surface area (Å²) < 4.78 is 16.2. The predicted molar refractivity (Wildman–Crippen MR) is 149 cm³/mol. The highest BCUT2D eigenvalue weighted by Crippen LogP contribution is 2.24. The SMILES string of the molecule is C=C(NCCc1ccc(S(=C)(=O)NC(=C)NC2CCC(C)CC2)cc1)NC/C(C)=C(/CC)C(C)=O. The summed E-state index contributed by atoms with van der Waals surface area (Å²) in [6.45, 7) is 17.2. The maximum absolute atomic E-state index is 13.2. The Kier molecular flexibility index (Phi) is 11.0. The molecule has 4 N–H and O–H groups in total. The van der Waals surface area contributed by atoms with Crippen LogP contribution in [0.3, 0.4) is 0 Å². The number of benzene rings is 1. The second-order valence-electron chi connectivity index (χ2n) is 9.68. The van der Waals surface area contributed by atoms with Gasteiger partial charge in [-0.1, -0.05) is 39.1 Å². The summed E-state index contributed by atoms with van der Waals surface area (Å²) in [6.07, 6.45) is 6.17. The van der Waals surface area contributed by atoms with E-state index in [9.17, 15) is 9.00 Å². The van der Waals surface area contributed by atoms with Crippen LogP contribution in [0.2, 0.25) is 0 Å². The van der Waals surface area contributed by atoms with Crippen molar-refractivity contribution in [3.8, 4) is 0 Å². The molecule has 1 aliphatic rings. The van der Waals surface area contributed by atoms with Gasteiger partial charge in [-0.25, -0.2) is 4.21 Å². The Hall–Kier alpha value is -2.67. The Morgan fingerprint density at radius 3 is 2.23 bits per heavy atom. The third kappa shape index (κ3) is 9.48. The lowest BCUT2D eigenvalue weighted by atomic mass is 9.87. The summed E-state index contributed by atoms with van der Waals surface area (Å²) in [4.78, 5) is 12.3. The average molecular weight is 501 g/mol. The van der Waals surface area contributed by atoms with E-state index in [2.05, 4.69) is 46.6 Å². The van der Waals surface area contributed by atoms with Crippen LogP contribution in [0, 0.1) is 5.92 Å². The van der Waals surface area contributed by atoms with E-state index >= 15 is 0 Å². The summed E-state index contributed by atoms with van der Waals surface area (Å²) in [5.74, 6) is 6.12. The lowest BCUT2D eigenvalue weighted by Gasteiger charge is -2.29. The van der Waals surface area contributed by atoms with Gasteiger partial charge in [0.25, 0.3) is 0 Å². The molecular formula is C28H44N4O2S. The maximum Gasteiger partial charge on any atom is 0.155 e. The van der Waals surface area contributed by atoms with E-state index in [1.807, 2.05) is 38.1 Å². The van der Waals surface area contributed by atoms with Crippen LogP contribution in [-0.2, 0) is 20.9 Å². The van der Waals surface area contributed by atoms with E-state index in [0.29, 0.717) is 29.8 Å². The molecule has 6 nitrogen and oxygen atoms in total. The number of Topliss-reactive ketones (excluding diaryl/α,β-unsaturated/α-hetero) is 1. The summed E-state index contributed by atoms with van der Waals surface area (Å²) in [5.41, 5.74) is 3.03. The normalized spacial score (nSPS) is 20.1. The van der Waals surface area contributed by atoms with Crippen molar-refractivity contribution in [3.63, 3.8) is 0 Å². The zero-order valence-electron chi connectivity index (χ0n) is 22.0. The molecule has 35 heavy (non-hydrogen) atoms. The van der Waals surface area contributed by atoms with Crippen molar-refractivity contribution < 1.29 is 9.00 Å². The Labute approximate surface area is 212 Å². The summed E-state index contributed by atoms with van der Waals surface area (Å²) in [5, 5.41) is 9.88. The van der Waals surface area contributed by atoms with E-state index in [4.69, 9.17) is 0 Å². The first-order valence-corrected chi connectivity index (χ1v) is 14.3. The van der Waals surface area contributed by atoms with E-state index < -0.39 is 9.71 Å². The molecule has 1 unspecified atom stereocenters. The first-order chi connectivity index (χ1) is 16.5. The van der Waals surface area contributed by atoms with E-state index in [1.165, 1.54) is 12.8 Å². The van der Waals surface area contributed by atoms with Gasteiger partial charge in [-0.15, -0.1) is 0 Å². The highest BCUT2D eigenvalue weighted by molar-refractivity contribution is 7.98. The van der Waals surface area contributed by atoms with Gasteiger partial charge < -0.3 is 16.0 Å². The van der Waals surface area contributed by atoms with Crippen molar-refractivity contribution in [2.24, 2.45) is 5.92 Å². The molecule has 7 heteroatoms. The van der Waals surface area contributed by atoms with Crippen LogP contribution in [0.25, 0.3) is 0 Å². The van der Waals surface area contributed by atoms with Gasteiger partial charge in [-0.05, 0) is 93.0 Å². The van der Waals surface area contributed by atoms with Crippen molar-refractivity contribution in [1.29, 1.82) is 0 Å². The molecule has 2 rings (SSSR count). The lowest BCUT2D eigenvalue weighted by molar-refractivity contribution is -0.113. The quantitative estimate of drug-likeness (QED) is 0.225. The highest BCUT2D eigenvalue weighted by Gasteiger charge is 2.19. The molecule has 0 aliphatic heterocycles. The van der Waals surface area contributed by atoms with Crippen molar-refractivity contribution in [1.82, 2.24) is 20.7 Å². The number of hydrogen-bond donors (Lipinski definition) is 4. The minimum absolute atomic E-state index is 0.120. The smallest absolute Gasteiger partial charge is 0.155 e. The zero-order chi connectivity index (χ0) is 26.0. The largest absolute Gasteiger partial charge is 0.372 e. The third-order valence-corrected chi connectivity index (χ3v) is 8.21. The van der Waals surface area contributed by atoms with Gasteiger partial charge in [0.05, 0.1) is 15.5 Å². The first kappa shape index (κ1) is 28.6. The van der Waals surface area contributed by atoms with Crippen LogP contribution in [-0.4, -0.2) is 35.0 Å². The Balaban J connectivity index is 1.78. The molecular weight excluding hydrogens is 456 g/mol. The Bertz CT molecular complexity index is 1020. The molecule has 0 saturated heterocycles. The number of ketones is 1. The third-order valence-electron chi connectivity index (χ3n) is 6.60. The number of allylic oxidation sites excluding steroid dienone is 1. The summed E-state index contributed by atoms with van der Waals surface area (Å²) in [7, 11) is -2.68. The highest BCUT2D eigenvalue weighted by atomic mass is 32.2. The minimum Gasteiger partial charge on any atom is -0.372 e. The van der Waals surface area contributed by atoms with Gasteiger partial charge >= 0.3 is 0 Å². The lowest BCUT2D eigenvalue weighted by Crippen LogP contribution is -2.38. The zero-order valence-corrected chi connectivity index (χ0v) is 22.8. The van der Waals surface area contributed by atoms with Crippen molar-refractivity contribution in [3.05, 3.63) is 65.8 Å². The predicted octanol–water partition coefficient (Wildman–Crippen LogP) is 4.41. The molecule has 1 fully saturated rings. The molecule has 194 valence electrons. The molecule has 1 aliphatic carbocycles. The Morgan fingerprint density at radius 1 is 1.03 bits per heavy atom. The van der Waals surface area contributed by atoms with E-state index in [0.717, 1.165) is 54.1 Å². The maximum atomic E-state index is 13.2.